The number of amides is 1. The average molecular weight is 406 g/mol. The van der Waals surface area contributed by atoms with E-state index < -0.39 is 0 Å². The molecule has 0 fully saturated rings. The van der Waals surface area contributed by atoms with Crippen molar-refractivity contribution in [3.63, 3.8) is 0 Å². The minimum absolute atomic E-state index is 0.00604. The number of rotatable bonds is 8. The van der Waals surface area contributed by atoms with Crippen molar-refractivity contribution in [1.82, 2.24) is 5.32 Å². The molecule has 1 atom stereocenters. The molecule has 5 heteroatoms. The van der Waals surface area contributed by atoms with Gasteiger partial charge in [0.05, 0.1) is 20.6 Å². The predicted molar refractivity (Wildman–Crippen MR) is 103 cm³/mol. The highest BCUT2D eigenvalue weighted by Gasteiger charge is 2.14. The Morgan fingerprint density at radius 2 is 1.76 bits per heavy atom. The Bertz CT molecular complexity index is 704. The predicted octanol–water partition coefficient (Wildman–Crippen LogP) is 4.15. The van der Waals surface area contributed by atoms with Crippen LogP contribution in [-0.4, -0.2) is 26.2 Å². The van der Waals surface area contributed by atoms with Crippen LogP contribution in [0, 0.1) is 0 Å². The minimum Gasteiger partial charge on any atom is -0.493 e. The number of carbonyl (C=O) groups is 1. The molecule has 2 rings (SSSR count). The molecule has 0 aliphatic rings. The second-order valence-corrected chi connectivity index (χ2v) is 6.82. The molecule has 0 aromatic heterocycles. The summed E-state index contributed by atoms with van der Waals surface area (Å²) in [5, 5.41) is 3.06. The summed E-state index contributed by atoms with van der Waals surface area (Å²) in [7, 11) is 3.17. The summed E-state index contributed by atoms with van der Waals surface area (Å²) in [6.07, 6.45) is 2.14. The van der Waals surface area contributed by atoms with Crippen molar-refractivity contribution in [3.8, 4) is 11.5 Å². The van der Waals surface area contributed by atoms with Crippen LogP contribution >= 0.6 is 15.9 Å². The summed E-state index contributed by atoms with van der Waals surface area (Å²) in [4.78, 5) is 12.3. The fourth-order valence-electron chi connectivity index (χ4n) is 2.63. The van der Waals surface area contributed by atoms with E-state index in [2.05, 4.69) is 33.4 Å². The molecule has 0 radical (unpaired) electrons. The summed E-state index contributed by atoms with van der Waals surface area (Å²) in [6.45, 7) is 2.03. The molecule has 0 bridgehead atoms. The fraction of sp³-hybridized carbons (Fsp3) is 0.350. The summed E-state index contributed by atoms with van der Waals surface area (Å²) in [5.74, 6) is 1.24. The number of hydrogen-bond acceptors (Lipinski definition) is 3. The number of ether oxygens (including phenoxy) is 2. The van der Waals surface area contributed by atoms with Gasteiger partial charge in [-0.25, -0.2) is 0 Å². The average Bonchev–Trinajstić information content (AvgIpc) is 2.62. The van der Waals surface area contributed by atoms with Gasteiger partial charge in [-0.15, -0.1) is 0 Å². The molecular weight excluding hydrogens is 382 g/mol. The molecule has 0 spiro atoms. The molecule has 0 saturated carbocycles. The highest BCUT2D eigenvalue weighted by atomic mass is 79.9. The largest absolute Gasteiger partial charge is 0.493 e. The van der Waals surface area contributed by atoms with Gasteiger partial charge in [0.25, 0.3) is 0 Å². The van der Waals surface area contributed by atoms with Crippen molar-refractivity contribution < 1.29 is 14.3 Å². The molecule has 134 valence electrons. The lowest BCUT2D eigenvalue weighted by Gasteiger charge is -2.15. The molecule has 0 aliphatic carbocycles. The molecule has 2 aromatic carbocycles. The van der Waals surface area contributed by atoms with Crippen molar-refractivity contribution in [2.45, 2.75) is 32.2 Å². The third-order valence-corrected chi connectivity index (χ3v) is 4.76. The number of carbonyl (C=O) groups excluding carboxylic acids is 1. The number of nitrogens with one attached hydrogen (secondary N) is 1. The van der Waals surface area contributed by atoms with E-state index in [1.54, 1.807) is 14.2 Å². The van der Waals surface area contributed by atoms with Crippen LogP contribution in [0.2, 0.25) is 0 Å². The second-order valence-electron chi connectivity index (χ2n) is 5.97. The Balaban J connectivity index is 1.91. The molecule has 4 nitrogen and oxygen atoms in total. The van der Waals surface area contributed by atoms with Crippen LogP contribution in [0.5, 0.6) is 11.5 Å². The highest BCUT2D eigenvalue weighted by molar-refractivity contribution is 9.10. The van der Waals surface area contributed by atoms with E-state index in [-0.39, 0.29) is 18.4 Å². The zero-order valence-corrected chi connectivity index (χ0v) is 16.4. The first-order valence-corrected chi connectivity index (χ1v) is 9.06. The maximum atomic E-state index is 12.3. The Hall–Kier alpha value is -2.01. The van der Waals surface area contributed by atoms with Crippen molar-refractivity contribution in [1.29, 1.82) is 0 Å². The highest BCUT2D eigenvalue weighted by Crippen LogP contribution is 2.33. The smallest absolute Gasteiger partial charge is 0.224 e. The first-order chi connectivity index (χ1) is 12.0. The normalized spacial score (nSPS) is 11.7. The van der Waals surface area contributed by atoms with Gasteiger partial charge < -0.3 is 14.8 Å². The summed E-state index contributed by atoms with van der Waals surface area (Å²) in [6, 6.07) is 14.1. The maximum Gasteiger partial charge on any atom is 0.224 e. The van der Waals surface area contributed by atoms with Gasteiger partial charge in [-0.1, -0.05) is 46.3 Å². The van der Waals surface area contributed by atoms with E-state index in [0.717, 1.165) is 22.9 Å². The number of methoxy groups -OCH3 is 2. The number of benzene rings is 2. The van der Waals surface area contributed by atoms with Crippen molar-refractivity contribution in [3.05, 3.63) is 58.1 Å². The SMILES string of the molecule is COc1cc(Br)c(CC(=O)N[C@@H](C)CCc2ccccc2)cc1OC. The van der Waals surface area contributed by atoms with Gasteiger partial charge in [0.2, 0.25) is 5.91 Å². The van der Waals surface area contributed by atoms with E-state index in [4.69, 9.17) is 9.47 Å². The molecule has 1 N–H and O–H groups in total. The van der Waals surface area contributed by atoms with Crippen molar-refractivity contribution in [2.24, 2.45) is 0 Å². The van der Waals surface area contributed by atoms with Gasteiger partial charge in [0.15, 0.2) is 11.5 Å². The van der Waals surface area contributed by atoms with E-state index in [1.807, 2.05) is 37.3 Å². The number of aryl methyl sites for hydroxylation is 1. The molecule has 0 saturated heterocycles. The fourth-order valence-corrected chi connectivity index (χ4v) is 3.09. The number of halogens is 1. The van der Waals surface area contributed by atoms with Gasteiger partial charge in [-0.05, 0) is 43.0 Å². The van der Waals surface area contributed by atoms with E-state index in [1.165, 1.54) is 5.56 Å². The standard InChI is InChI=1S/C20H24BrNO3/c1-14(9-10-15-7-5-4-6-8-15)22-20(23)12-16-11-18(24-2)19(25-3)13-17(16)21/h4-8,11,13-14H,9-10,12H2,1-3H3,(H,22,23)/t14-/m0/s1. The van der Waals surface area contributed by atoms with Crippen LogP contribution in [-0.2, 0) is 17.6 Å². The molecule has 0 unspecified atom stereocenters. The van der Waals surface area contributed by atoms with Crippen LogP contribution < -0.4 is 14.8 Å². The Labute approximate surface area is 157 Å². The molecular formula is C20H24BrNO3. The Kier molecular flexibility index (Phi) is 7.31. The third kappa shape index (κ3) is 5.78. The van der Waals surface area contributed by atoms with Gasteiger partial charge in [0.1, 0.15) is 0 Å². The molecule has 0 heterocycles. The first-order valence-electron chi connectivity index (χ1n) is 8.27. The van der Waals surface area contributed by atoms with Crippen molar-refractivity contribution >= 4 is 21.8 Å². The Morgan fingerprint density at radius 3 is 2.40 bits per heavy atom. The van der Waals surface area contributed by atoms with Crippen LogP contribution in [0.1, 0.15) is 24.5 Å². The zero-order valence-electron chi connectivity index (χ0n) is 14.8. The maximum absolute atomic E-state index is 12.3. The molecule has 1 amide bonds. The third-order valence-electron chi connectivity index (χ3n) is 4.02. The lowest BCUT2D eigenvalue weighted by Crippen LogP contribution is -2.34. The van der Waals surface area contributed by atoms with Gasteiger partial charge in [0, 0.05) is 10.5 Å². The van der Waals surface area contributed by atoms with Crippen LogP contribution in [0.25, 0.3) is 0 Å². The quantitative estimate of drug-likeness (QED) is 0.717. The van der Waals surface area contributed by atoms with Gasteiger partial charge in [-0.2, -0.15) is 0 Å². The number of hydrogen-bond donors (Lipinski definition) is 1. The van der Waals surface area contributed by atoms with Crippen LogP contribution in [0.4, 0.5) is 0 Å². The van der Waals surface area contributed by atoms with Crippen LogP contribution in [0.15, 0.2) is 46.9 Å². The lowest BCUT2D eigenvalue weighted by molar-refractivity contribution is -0.121. The summed E-state index contributed by atoms with van der Waals surface area (Å²) < 4.78 is 11.4. The van der Waals surface area contributed by atoms with Crippen LogP contribution in [0.3, 0.4) is 0 Å². The van der Waals surface area contributed by atoms with E-state index in [0.29, 0.717) is 11.5 Å². The second kappa shape index (κ2) is 9.47. The Morgan fingerprint density at radius 1 is 1.12 bits per heavy atom. The summed E-state index contributed by atoms with van der Waals surface area (Å²) >= 11 is 3.49. The topological polar surface area (TPSA) is 47.6 Å². The van der Waals surface area contributed by atoms with Gasteiger partial charge >= 0.3 is 0 Å². The summed E-state index contributed by atoms with van der Waals surface area (Å²) in [5.41, 5.74) is 2.15. The van der Waals surface area contributed by atoms with E-state index >= 15 is 0 Å². The minimum atomic E-state index is -0.00604. The zero-order chi connectivity index (χ0) is 18.2. The molecule has 0 aliphatic heterocycles. The van der Waals surface area contributed by atoms with Gasteiger partial charge in [-0.3, -0.25) is 4.79 Å². The first kappa shape index (κ1) is 19.3. The molecule has 25 heavy (non-hydrogen) atoms. The molecule has 2 aromatic rings. The monoisotopic (exact) mass is 405 g/mol. The van der Waals surface area contributed by atoms with E-state index in [9.17, 15) is 4.79 Å². The van der Waals surface area contributed by atoms with Crippen molar-refractivity contribution in [2.75, 3.05) is 14.2 Å². The lowest BCUT2D eigenvalue weighted by atomic mass is 10.1.